The molecule has 0 saturated carbocycles. The SMILES string of the molecule is CC(C)=C[C@@H](O)Cc1nsc2cc(OCCCCCCBr)ccc12. The number of hydrogen-bond donors (Lipinski definition) is 1. The van der Waals surface area contributed by atoms with Gasteiger partial charge in [0.15, 0.2) is 0 Å². The predicted octanol–water partition coefficient (Wildman–Crippen LogP) is 5.50. The van der Waals surface area contributed by atoms with E-state index in [4.69, 9.17) is 4.74 Å². The molecule has 1 N–H and O–H groups in total. The molecule has 0 unspecified atom stereocenters. The molecule has 1 aromatic heterocycles. The van der Waals surface area contributed by atoms with Crippen LogP contribution in [-0.2, 0) is 6.42 Å². The Bertz CT molecular complexity index is 664. The number of aliphatic hydroxyl groups excluding tert-OH is 1. The van der Waals surface area contributed by atoms with Crippen LogP contribution in [0.2, 0.25) is 0 Å². The number of aromatic nitrogens is 1. The van der Waals surface area contributed by atoms with Crippen LogP contribution in [0, 0.1) is 0 Å². The monoisotopic (exact) mass is 411 g/mol. The third-order valence-electron chi connectivity index (χ3n) is 3.74. The quantitative estimate of drug-likeness (QED) is 0.318. The summed E-state index contributed by atoms with van der Waals surface area (Å²) in [6.07, 6.45) is 6.73. The molecule has 1 heterocycles. The van der Waals surface area contributed by atoms with Gasteiger partial charge in [-0.25, -0.2) is 0 Å². The first-order valence-corrected chi connectivity index (χ1v) is 10.4. The minimum Gasteiger partial charge on any atom is -0.494 e. The Morgan fingerprint density at radius 2 is 2.08 bits per heavy atom. The molecule has 3 nitrogen and oxygen atoms in total. The third-order valence-corrected chi connectivity index (χ3v) is 5.15. The Labute approximate surface area is 157 Å². The first-order chi connectivity index (χ1) is 11.6. The van der Waals surface area contributed by atoms with Crippen molar-refractivity contribution < 1.29 is 9.84 Å². The van der Waals surface area contributed by atoms with Gasteiger partial charge in [-0.05, 0) is 56.4 Å². The highest BCUT2D eigenvalue weighted by Gasteiger charge is 2.11. The van der Waals surface area contributed by atoms with Gasteiger partial charge in [-0.2, -0.15) is 4.37 Å². The second-order valence-corrected chi connectivity index (χ2v) is 7.85. The van der Waals surface area contributed by atoms with Crippen molar-refractivity contribution in [1.82, 2.24) is 4.37 Å². The fourth-order valence-corrected chi connectivity index (χ4v) is 3.82. The van der Waals surface area contributed by atoms with E-state index in [9.17, 15) is 5.11 Å². The van der Waals surface area contributed by atoms with Gasteiger partial charge < -0.3 is 9.84 Å². The molecule has 0 radical (unpaired) electrons. The topological polar surface area (TPSA) is 42.4 Å². The summed E-state index contributed by atoms with van der Waals surface area (Å²) >= 11 is 4.92. The van der Waals surface area contributed by atoms with Crippen LogP contribution < -0.4 is 4.74 Å². The number of benzene rings is 1. The molecule has 24 heavy (non-hydrogen) atoms. The summed E-state index contributed by atoms with van der Waals surface area (Å²) in [7, 11) is 0. The summed E-state index contributed by atoms with van der Waals surface area (Å²) in [5.74, 6) is 0.906. The molecule has 0 fully saturated rings. The van der Waals surface area contributed by atoms with Crippen molar-refractivity contribution in [2.75, 3.05) is 11.9 Å². The van der Waals surface area contributed by atoms with E-state index in [0.29, 0.717) is 6.42 Å². The van der Waals surface area contributed by atoms with Gasteiger partial charge in [-0.3, -0.25) is 0 Å². The number of ether oxygens (including phenoxy) is 1. The standard InChI is InChI=1S/C19H26BrNO2S/c1-14(2)11-15(22)12-18-17-8-7-16(13-19(17)24-21-18)23-10-6-4-3-5-9-20/h7-8,11,13,15,22H,3-6,9-10,12H2,1-2H3/t15-/m1/s1. The minimum atomic E-state index is -0.476. The number of rotatable bonds is 10. The summed E-state index contributed by atoms with van der Waals surface area (Å²) in [5.41, 5.74) is 2.08. The van der Waals surface area contributed by atoms with Crippen molar-refractivity contribution in [3.63, 3.8) is 0 Å². The van der Waals surface area contributed by atoms with Gasteiger partial charge in [0.1, 0.15) is 5.75 Å². The first kappa shape index (κ1) is 19.4. The fourth-order valence-electron chi connectivity index (χ4n) is 2.59. The Morgan fingerprint density at radius 3 is 2.83 bits per heavy atom. The van der Waals surface area contributed by atoms with Crippen LogP contribution in [0.4, 0.5) is 0 Å². The number of nitrogens with zero attached hydrogens (tertiary/aromatic N) is 1. The molecule has 1 aromatic carbocycles. The lowest BCUT2D eigenvalue weighted by Gasteiger charge is -2.07. The van der Waals surface area contributed by atoms with Gasteiger partial charge in [-0.1, -0.05) is 40.4 Å². The predicted molar refractivity (Wildman–Crippen MR) is 107 cm³/mol. The second-order valence-electron chi connectivity index (χ2n) is 6.25. The van der Waals surface area contributed by atoms with Crippen molar-refractivity contribution in [2.45, 2.75) is 52.1 Å². The van der Waals surface area contributed by atoms with Crippen LogP contribution in [0.15, 0.2) is 29.8 Å². The van der Waals surface area contributed by atoms with Crippen LogP contribution >= 0.6 is 27.5 Å². The first-order valence-electron chi connectivity index (χ1n) is 8.50. The van der Waals surface area contributed by atoms with Crippen LogP contribution in [0.3, 0.4) is 0 Å². The van der Waals surface area contributed by atoms with E-state index in [-0.39, 0.29) is 0 Å². The zero-order chi connectivity index (χ0) is 17.4. The maximum Gasteiger partial charge on any atom is 0.120 e. The van der Waals surface area contributed by atoms with Crippen LogP contribution in [-0.4, -0.2) is 27.5 Å². The minimum absolute atomic E-state index is 0.476. The highest BCUT2D eigenvalue weighted by Crippen LogP contribution is 2.28. The fraction of sp³-hybridized carbons (Fsp3) is 0.526. The molecule has 0 aliphatic carbocycles. The molecule has 0 saturated heterocycles. The second kappa shape index (κ2) is 10.2. The zero-order valence-electron chi connectivity index (χ0n) is 14.4. The molecule has 0 amide bonds. The number of hydrogen-bond acceptors (Lipinski definition) is 4. The van der Waals surface area contributed by atoms with E-state index in [1.54, 1.807) is 0 Å². The smallest absolute Gasteiger partial charge is 0.120 e. The van der Waals surface area contributed by atoms with Gasteiger partial charge in [0.2, 0.25) is 0 Å². The van der Waals surface area contributed by atoms with E-state index < -0.39 is 6.10 Å². The number of alkyl halides is 1. The summed E-state index contributed by atoms with van der Waals surface area (Å²) in [6, 6.07) is 6.12. The Kier molecular flexibility index (Phi) is 8.22. The summed E-state index contributed by atoms with van der Waals surface area (Å²) < 4.78 is 11.5. The van der Waals surface area contributed by atoms with Crippen molar-refractivity contribution in [3.05, 3.63) is 35.5 Å². The van der Waals surface area contributed by atoms with Crippen molar-refractivity contribution in [1.29, 1.82) is 0 Å². The maximum absolute atomic E-state index is 10.1. The summed E-state index contributed by atoms with van der Waals surface area (Å²) in [4.78, 5) is 0. The van der Waals surface area contributed by atoms with E-state index in [1.807, 2.05) is 26.0 Å². The summed E-state index contributed by atoms with van der Waals surface area (Å²) in [5, 5.41) is 12.3. The normalized spacial score (nSPS) is 12.3. The van der Waals surface area contributed by atoms with Gasteiger partial charge in [0.25, 0.3) is 0 Å². The van der Waals surface area contributed by atoms with Gasteiger partial charge in [0.05, 0.1) is 23.1 Å². The molecule has 0 aliphatic heterocycles. The van der Waals surface area contributed by atoms with Gasteiger partial charge in [-0.15, -0.1) is 0 Å². The van der Waals surface area contributed by atoms with Gasteiger partial charge in [0, 0.05) is 17.1 Å². The lowest BCUT2D eigenvalue weighted by Crippen LogP contribution is -2.07. The zero-order valence-corrected chi connectivity index (χ0v) is 16.8. The highest BCUT2D eigenvalue weighted by molar-refractivity contribution is 9.09. The molecule has 132 valence electrons. The van der Waals surface area contributed by atoms with Crippen LogP contribution in [0.1, 0.15) is 45.2 Å². The molecule has 2 aromatic rings. The van der Waals surface area contributed by atoms with E-state index in [0.717, 1.165) is 45.5 Å². The number of allylic oxidation sites excluding steroid dienone is 1. The molecular weight excluding hydrogens is 386 g/mol. The number of aliphatic hydroxyl groups is 1. The van der Waals surface area contributed by atoms with Crippen molar-refractivity contribution in [3.8, 4) is 5.75 Å². The average Bonchev–Trinajstić information content (AvgIpc) is 2.92. The Hall–Kier alpha value is -0.910. The average molecular weight is 412 g/mol. The van der Waals surface area contributed by atoms with E-state index in [2.05, 4.69) is 32.4 Å². The number of halogens is 1. The molecule has 2 rings (SSSR count). The molecule has 0 aliphatic rings. The number of unbranched alkanes of at least 4 members (excludes halogenated alkanes) is 3. The largest absolute Gasteiger partial charge is 0.494 e. The lowest BCUT2D eigenvalue weighted by atomic mass is 10.1. The molecule has 5 heteroatoms. The van der Waals surface area contributed by atoms with Crippen LogP contribution in [0.5, 0.6) is 5.75 Å². The third kappa shape index (κ3) is 6.19. The van der Waals surface area contributed by atoms with E-state index in [1.165, 1.54) is 30.8 Å². The van der Waals surface area contributed by atoms with Crippen molar-refractivity contribution >= 4 is 37.5 Å². The molecule has 1 atom stereocenters. The maximum atomic E-state index is 10.1. The van der Waals surface area contributed by atoms with Crippen molar-refractivity contribution in [2.24, 2.45) is 0 Å². The lowest BCUT2D eigenvalue weighted by molar-refractivity contribution is 0.222. The van der Waals surface area contributed by atoms with E-state index >= 15 is 0 Å². The van der Waals surface area contributed by atoms with Gasteiger partial charge >= 0.3 is 0 Å². The Balaban J connectivity index is 1.91. The Morgan fingerprint density at radius 1 is 1.29 bits per heavy atom. The highest BCUT2D eigenvalue weighted by atomic mass is 79.9. The number of fused-ring (bicyclic) bond motifs is 1. The molecule has 0 bridgehead atoms. The molecular formula is C19H26BrNO2S. The van der Waals surface area contributed by atoms with Crippen LogP contribution in [0.25, 0.3) is 10.1 Å². The summed E-state index contributed by atoms with van der Waals surface area (Å²) in [6.45, 7) is 4.75. The molecule has 0 spiro atoms.